The van der Waals surface area contributed by atoms with Gasteiger partial charge in [-0.25, -0.2) is 4.79 Å². The van der Waals surface area contributed by atoms with Crippen LogP contribution in [0.4, 0.5) is 5.69 Å². The van der Waals surface area contributed by atoms with Crippen LogP contribution in [-0.2, 0) is 4.74 Å². The minimum Gasteiger partial charge on any atom is -0.465 e. The fraction of sp³-hybridized carbons (Fsp3) is 0.0909. The molecule has 7 nitrogen and oxygen atoms in total. The third-order valence-corrected chi connectivity index (χ3v) is 4.34. The van der Waals surface area contributed by atoms with E-state index in [0.29, 0.717) is 28.2 Å². The molecule has 0 amide bonds. The lowest BCUT2D eigenvalue weighted by molar-refractivity contribution is -0.384. The summed E-state index contributed by atoms with van der Waals surface area (Å²) in [4.78, 5) is 21.9. The van der Waals surface area contributed by atoms with Crippen LogP contribution in [0.5, 0.6) is 0 Å². The molecule has 0 atom stereocenters. The molecule has 3 aromatic rings. The summed E-state index contributed by atoms with van der Waals surface area (Å²) in [7, 11) is 1.33. The maximum absolute atomic E-state index is 11.6. The van der Waals surface area contributed by atoms with Crippen LogP contribution < -0.4 is 0 Å². The van der Waals surface area contributed by atoms with Crippen LogP contribution >= 0.6 is 0 Å². The van der Waals surface area contributed by atoms with Gasteiger partial charge in [-0.15, -0.1) is 0 Å². The highest BCUT2D eigenvalue weighted by atomic mass is 16.6. The maximum atomic E-state index is 11.6. The Morgan fingerprint density at radius 3 is 2.41 bits per heavy atom. The van der Waals surface area contributed by atoms with Crippen LogP contribution in [0.25, 0.3) is 23.0 Å². The number of benzene rings is 2. The number of rotatable bonds is 5. The van der Waals surface area contributed by atoms with Crippen LogP contribution in [0.3, 0.4) is 0 Å². The molecule has 144 valence electrons. The van der Waals surface area contributed by atoms with E-state index in [4.69, 9.17) is 9.15 Å². The lowest BCUT2D eigenvalue weighted by atomic mass is 10.0. The third kappa shape index (κ3) is 4.22. The van der Waals surface area contributed by atoms with Gasteiger partial charge in [0, 0.05) is 17.7 Å². The van der Waals surface area contributed by atoms with Gasteiger partial charge in [0.05, 0.1) is 29.2 Å². The van der Waals surface area contributed by atoms with Gasteiger partial charge in [0.25, 0.3) is 5.69 Å². The van der Waals surface area contributed by atoms with Gasteiger partial charge in [0.1, 0.15) is 11.5 Å². The number of esters is 1. The van der Waals surface area contributed by atoms with Crippen LogP contribution in [0.1, 0.15) is 27.2 Å². The number of furan rings is 1. The number of ether oxygens (including phenoxy) is 1. The van der Waals surface area contributed by atoms with Crippen LogP contribution in [0, 0.1) is 28.4 Å². The highest BCUT2D eigenvalue weighted by Gasteiger charge is 2.12. The summed E-state index contributed by atoms with van der Waals surface area (Å²) in [5, 5.41) is 20.2. The van der Waals surface area contributed by atoms with E-state index in [1.807, 2.05) is 6.92 Å². The molecule has 0 saturated heterocycles. The van der Waals surface area contributed by atoms with Crippen LogP contribution in [0.15, 0.2) is 59.0 Å². The average molecular weight is 388 g/mol. The van der Waals surface area contributed by atoms with E-state index >= 15 is 0 Å². The van der Waals surface area contributed by atoms with Crippen molar-refractivity contribution in [3.05, 3.63) is 87.2 Å². The number of nitro benzene ring substituents is 1. The number of carbonyl (C=O) groups excluding carboxylic acids is 1. The molecule has 0 N–H and O–H groups in total. The number of nitro groups is 1. The Kier molecular flexibility index (Phi) is 5.56. The van der Waals surface area contributed by atoms with Crippen molar-refractivity contribution in [2.45, 2.75) is 6.92 Å². The first-order valence-electron chi connectivity index (χ1n) is 8.58. The van der Waals surface area contributed by atoms with Gasteiger partial charge in [-0.05, 0) is 60.5 Å². The molecular formula is C22H16N2O5. The van der Waals surface area contributed by atoms with Crippen molar-refractivity contribution >= 4 is 23.3 Å². The number of hydrogen-bond donors (Lipinski definition) is 0. The molecule has 1 heterocycles. The predicted octanol–water partition coefficient (Wildman–Crippen LogP) is 5.01. The fourth-order valence-electron chi connectivity index (χ4n) is 2.85. The molecular weight excluding hydrogens is 372 g/mol. The molecule has 0 radical (unpaired) electrons. The monoisotopic (exact) mass is 388 g/mol. The normalized spacial score (nSPS) is 11.0. The smallest absolute Gasteiger partial charge is 0.337 e. The van der Waals surface area contributed by atoms with Gasteiger partial charge in [-0.3, -0.25) is 10.1 Å². The quantitative estimate of drug-likeness (QED) is 0.263. The molecule has 0 saturated carbocycles. The summed E-state index contributed by atoms with van der Waals surface area (Å²) < 4.78 is 10.6. The third-order valence-electron chi connectivity index (χ3n) is 4.34. The SMILES string of the molecule is COC(=O)c1ccc(-c2ccc(/C=C(/C#N)c3ccc([N+](=O)[O-])cc3)o2)c(C)c1. The van der Waals surface area contributed by atoms with E-state index in [1.165, 1.54) is 31.4 Å². The van der Waals surface area contributed by atoms with Crippen molar-refractivity contribution in [1.29, 1.82) is 5.26 Å². The number of non-ortho nitro benzene ring substituents is 1. The molecule has 0 aliphatic carbocycles. The van der Waals surface area contributed by atoms with Crippen molar-refractivity contribution < 1.29 is 18.9 Å². The average Bonchev–Trinajstić information content (AvgIpc) is 3.19. The number of carbonyl (C=O) groups is 1. The predicted molar refractivity (Wildman–Crippen MR) is 107 cm³/mol. The lowest BCUT2D eigenvalue weighted by Gasteiger charge is -2.05. The topological polar surface area (TPSA) is 106 Å². The van der Waals surface area contributed by atoms with Gasteiger partial charge in [-0.1, -0.05) is 6.07 Å². The molecule has 2 aromatic carbocycles. The molecule has 7 heteroatoms. The number of nitriles is 1. The number of aryl methyl sites for hydroxylation is 1. The van der Waals surface area contributed by atoms with E-state index in [9.17, 15) is 20.2 Å². The van der Waals surface area contributed by atoms with Crippen LogP contribution in [-0.4, -0.2) is 18.0 Å². The Morgan fingerprint density at radius 1 is 1.14 bits per heavy atom. The van der Waals surface area contributed by atoms with E-state index in [0.717, 1.165) is 11.1 Å². The first-order valence-corrected chi connectivity index (χ1v) is 8.58. The Hall–Kier alpha value is -4.18. The number of methoxy groups -OCH3 is 1. The lowest BCUT2D eigenvalue weighted by Crippen LogP contribution is -2.01. The van der Waals surface area contributed by atoms with Gasteiger partial charge in [0.2, 0.25) is 0 Å². The largest absolute Gasteiger partial charge is 0.465 e. The first kappa shape index (κ1) is 19.6. The summed E-state index contributed by atoms with van der Waals surface area (Å²) in [6, 6.07) is 16.5. The van der Waals surface area contributed by atoms with Gasteiger partial charge in [0.15, 0.2) is 0 Å². The highest BCUT2D eigenvalue weighted by Crippen LogP contribution is 2.28. The van der Waals surface area contributed by atoms with E-state index in [1.54, 1.807) is 36.4 Å². The zero-order chi connectivity index (χ0) is 21.0. The molecule has 0 aliphatic rings. The number of nitrogens with zero attached hydrogens (tertiary/aromatic N) is 2. The van der Waals surface area contributed by atoms with Gasteiger partial charge < -0.3 is 9.15 Å². The standard InChI is InChI=1S/C22H16N2O5/c1-14-11-16(22(25)28-2)5-9-20(14)21-10-8-19(29-21)12-17(13-23)15-3-6-18(7-4-15)24(26)27/h3-12H,1-2H3/b17-12-. The molecule has 0 fully saturated rings. The molecule has 1 aromatic heterocycles. The second-order valence-corrected chi connectivity index (χ2v) is 6.20. The number of allylic oxidation sites excluding steroid dienone is 1. The Labute approximate surface area is 166 Å². The summed E-state index contributed by atoms with van der Waals surface area (Å²) in [5.74, 6) is 0.641. The highest BCUT2D eigenvalue weighted by molar-refractivity contribution is 5.91. The molecule has 0 spiro atoms. The first-order chi connectivity index (χ1) is 13.9. The van der Waals surface area contributed by atoms with Crippen molar-refractivity contribution in [3.8, 4) is 17.4 Å². The van der Waals surface area contributed by atoms with Gasteiger partial charge in [-0.2, -0.15) is 5.26 Å². The van der Waals surface area contributed by atoms with Crippen molar-refractivity contribution in [3.63, 3.8) is 0 Å². The fourth-order valence-corrected chi connectivity index (χ4v) is 2.85. The van der Waals surface area contributed by atoms with Crippen molar-refractivity contribution in [2.75, 3.05) is 7.11 Å². The Morgan fingerprint density at radius 2 is 1.83 bits per heavy atom. The molecule has 0 unspecified atom stereocenters. The Bertz CT molecular complexity index is 1150. The van der Waals surface area contributed by atoms with Crippen molar-refractivity contribution in [2.24, 2.45) is 0 Å². The Balaban J connectivity index is 1.90. The van der Waals surface area contributed by atoms with E-state index in [-0.39, 0.29) is 5.69 Å². The van der Waals surface area contributed by atoms with E-state index in [2.05, 4.69) is 6.07 Å². The second kappa shape index (κ2) is 8.23. The molecule has 3 rings (SSSR count). The zero-order valence-corrected chi connectivity index (χ0v) is 15.7. The molecule has 0 aliphatic heterocycles. The summed E-state index contributed by atoms with van der Waals surface area (Å²) in [6.45, 7) is 1.86. The maximum Gasteiger partial charge on any atom is 0.337 e. The second-order valence-electron chi connectivity index (χ2n) is 6.20. The summed E-state index contributed by atoms with van der Waals surface area (Å²) in [6.07, 6.45) is 1.57. The molecule has 29 heavy (non-hydrogen) atoms. The summed E-state index contributed by atoms with van der Waals surface area (Å²) >= 11 is 0. The van der Waals surface area contributed by atoms with E-state index < -0.39 is 10.9 Å². The molecule has 0 bridgehead atoms. The number of hydrogen-bond acceptors (Lipinski definition) is 6. The van der Waals surface area contributed by atoms with Crippen LogP contribution in [0.2, 0.25) is 0 Å². The minimum atomic E-state index is -0.494. The van der Waals surface area contributed by atoms with Gasteiger partial charge >= 0.3 is 5.97 Å². The van der Waals surface area contributed by atoms with Crippen molar-refractivity contribution in [1.82, 2.24) is 0 Å². The minimum absolute atomic E-state index is 0.0443. The summed E-state index contributed by atoms with van der Waals surface area (Å²) in [5.41, 5.74) is 2.93. The zero-order valence-electron chi connectivity index (χ0n) is 15.7.